The molecule has 0 radical (unpaired) electrons. The van der Waals surface area contributed by atoms with E-state index in [1.807, 2.05) is 12.1 Å². The van der Waals surface area contributed by atoms with Crippen molar-refractivity contribution in [3.63, 3.8) is 0 Å². The Morgan fingerprint density at radius 3 is 2.68 bits per heavy atom. The predicted octanol–water partition coefficient (Wildman–Crippen LogP) is 2.35. The molecule has 25 heavy (non-hydrogen) atoms. The SMILES string of the molecule is O=C(C1CC12CCN(c1cccc3nncn13)CC2)N1CCCCC1. The molecule has 0 bridgehead atoms. The van der Waals surface area contributed by atoms with Crippen LogP contribution in [0.4, 0.5) is 5.82 Å². The second-order valence-electron chi connectivity index (χ2n) is 7.94. The van der Waals surface area contributed by atoms with Crippen LogP contribution in [0.3, 0.4) is 0 Å². The maximum atomic E-state index is 12.8. The third-order valence-electron chi connectivity index (χ3n) is 6.55. The predicted molar refractivity (Wildman–Crippen MR) is 95.4 cm³/mol. The van der Waals surface area contributed by atoms with Crippen LogP contribution in [0.25, 0.3) is 5.65 Å². The van der Waals surface area contributed by atoms with Crippen LogP contribution in [-0.4, -0.2) is 51.6 Å². The van der Waals surface area contributed by atoms with Gasteiger partial charge in [0.2, 0.25) is 5.91 Å². The lowest BCUT2D eigenvalue weighted by Crippen LogP contribution is -2.40. The van der Waals surface area contributed by atoms with Gasteiger partial charge in [0.05, 0.1) is 0 Å². The Balaban J connectivity index is 1.26. The van der Waals surface area contributed by atoms with Gasteiger partial charge in [0.1, 0.15) is 12.1 Å². The number of carbonyl (C=O) groups is 1. The summed E-state index contributed by atoms with van der Waals surface area (Å²) in [6.07, 6.45) is 8.78. The number of carbonyl (C=O) groups excluding carboxylic acids is 1. The Labute approximate surface area is 147 Å². The summed E-state index contributed by atoms with van der Waals surface area (Å²) in [5, 5.41) is 8.16. The summed E-state index contributed by atoms with van der Waals surface area (Å²) in [4.78, 5) is 17.4. The van der Waals surface area contributed by atoms with Crippen molar-refractivity contribution in [1.82, 2.24) is 19.5 Å². The molecule has 132 valence electrons. The van der Waals surface area contributed by atoms with E-state index in [2.05, 4.69) is 30.5 Å². The summed E-state index contributed by atoms with van der Waals surface area (Å²) in [6.45, 7) is 3.99. The Kier molecular flexibility index (Phi) is 3.47. The average molecular weight is 339 g/mol. The molecule has 4 heterocycles. The minimum absolute atomic E-state index is 0.284. The van der Waals surface area contributed by atoms with Crippen molar-refractivity contribution in [2.45, 2.75) is 38.5 Å². The highest BCUT2D eigenvalue weighted by Gasteiger charge is 2.59. The van der Waals surface area contributed by atoms with Gasteiger partial charge < -0.3 is 9.80 Å². The molecule has 1 aliphatic carbocycles. The number of piperidine rings is 2. The summed E-state index contributed by atoms with van der Waals surface area (Å²) in [5.74, 6) is 1.89. The van der Waals surface area contributed by atoms with Gasteiger partial charge in [0.15, 0.2) is 5.65 Å². The lowest BCUT2D eigenvalue weighted by molar-refractivity contribution is -0.134. The largest absolute Gasteiger partial charge is 0.358 e. The van der Waals surface area contributed by atoms with Gasteiger partial charge in [-0.15, -0.1) is 10.2 Å². The second kappa shape index (κ2) is 5.71. The first-order valence-electron chi connectivity index (χ1n) is 9.59. The van der Waals surface area contributed by atoms with E-state index in [0.717, 1.165) is 56.9 Å². The van der Waals surface area contributed by atoms with Crippen LogP contribution < -0.4 is 4.90 Å². The number of fused-ring (bicyclic) bond motifs is 1. The number of nitrogens with zero attached hydrogens (tertiary/aromatic N) is 5. The van der Waals surface area contributed by atoms with Crippen LogP contribution in [0.5, 0.6) is 0 Å². The first kappa shape index (κ1) is 15.2. The molecular formula is C19H25N5O. The molecule has 2 aromatic rings. The molecule has 2 aromatic heterocycles. The van der Waals surface area contributed by atoms with Gasteiger partial charge in [-0.2, -0.15) is 0 Å². The summed E-state index contributed by atoms with van der Waals surface area (Å²) in [7, 11) is 0. The van der Waals surface area contributed by atoms with Gasteiger partial charge >= 0.3 is 0 Å². The summed E-state index contributed by atoms with van der Waals surface area (Å²) in [6, 6.07) is 6.16. The van der Waals surface area contributed by atoms with E-state index in [1.165, 1.54) is 19.3 Å². The minimum Gasteiger partial charge on any atom is -0.358 e. The van der Waals surface area contributed by atoms with Gasteiger partial charge in [-0.05, 0) is 56.1 Å². The van der Waals surface area contributed by atoms with Crippen molar-refractivity contribution in [2.24, 2.45) is 11.3 Å². The zero-order valence-corrected chi connectivity index (χ0v) is 14.6. The van der Waals surface area contributed by atoms with Crippen molar-refractivity contribution < 1.29 is 4.79 Å². The van der Waals surface area contributed by atoms with E-state index in [0.29, 0.717) is 11.8 Å². The number of likely N-dealkylation sites (tertiary alicyclic amines) is 1. The lowest BCUT2D eigenvalue weighted by atomic mass is 9.90. The zero-order chi connectivity index (χ0) is 16.9. The second-order valence-corrected chi connectivity index (χ2v) is 7.94. The quantitative estimate of drug-likeness (QED) is 0.843. The molecule has 1 amide bonds. The van der Waals surface area contributed by atoms with Gasteiger partial charge in [-0.3, -0.25) is 9.20 Å². The highest BCUT2D eigenvalue weighted by atomic mass is 16.2. The summed E-state index contributed by atoms with van der Waals surface area (Å²) in [5.41, 5.74) is 1.17. The van der Waals surface area contributed by atoms with Gasteiger partial charge in [-0.1, -0.05) is 6.07 Å². The zero-order valence-electron chi connectivity index (χ0n) is 14.6. The normalized spacial score (nSPS) is 25.5. The molecule has 2 saturated heterocycles. The third kappa shape index (κ3) is 2.50. The van der Waals surface area contributed by atoms with Crippen molar-refractivity contribution in [3.05, 3.63) is 24.5 Å². The highest BCUT2D eigenvalue weighted by Crippen LogP contribution is 2.60. The van der Waals surface area contributed by atoms with Crippen molar-refractivity contribution >= 4 is 17.4 Å². The van der Waals surface area contributed by atoms with E-state index in [4.69, 9.17) is 0 Å². The Bertz CT molecular complexity index is 786. The van der Waals surface area contributed by atoms with Gasteiger partial charge in [0.25, 0.3) is 0 Å². The molecule has 5 rings (SSSR count). The molecular weight excluding hydrogens is 314 g/mol. The Morgan fingerprint density at radius 1 is 1.08 bits per heavy atom. The standard InChI is InChI=1S/C19H25N5O/c25-18(23-9-2-1-3-10-23)15-13-19(15)7-11-22(12-8-19)17-6-4-5-16-21-20-14-24(16)17/h4-6,14-15H,1-3,7-13H2. The average Bonchev–Trinajstić information content (AvgIpc) is 3.14. The third-order valence-corrected chi connectivity index (χ3v) is 6.55. The van der Waals surface area contributed by atoms with Crippen LogP contribution in [0, 0.1) is 11.3 Å². The maximum absolute atomic E-state index is 12.8. The number of pyridine rings is 1. The van der Waals surface area contributed by atoms with Crippen molar-refractivity contribution in [1.29, 1.82) is 0 Å². The van der Waals surface area contributed by atoms with Crippen molar-refractivity contribution in [3.8, 4) is 0 Å². The molecule has 3 fully saturated rings. The van der Waals surface area contributed by atoms with Crippen LogP contribution >= 0.6 is 0 Å². The van der Waals surface area contributed by atoms with Gasteiger partial charge in [0, 0.05) is 32.1 Å². The Morgan fingerprint density at radius 2 is 1.88 bits per heavy atom. The Hall–Kier alpha value is -2.11. The molecule has 6 heteroatoms. The van der Waals surface area contributed by atoms with Crippen LogP contribution in [0.2, 0.25) is 0 Å². The highest BCUT2D eigenvalue weighted by molar-refractivity contribution is 5.83. The van der Waals surface area contributed by atoms with E-state index in [9.17, 15) is 4.79 Å². The van der Waals surface area contributed by atoms with Crippen molar-refractivity contribution in [2.75, 3.05) is 31.1 Å². The molecule has 0 N–H and O–H groups in total. The molecule has 2 aliphatic heterocycles. The van der Waals surface area contributed by atoms with E-state index >= 15 is 0 Å². The molecule has 0 aromatic carbocycles. The fraction of sp³-hybridized carbons (Fsp3) is 0.632. The molecule has 3 aliphatic rings. The van der Waals surface area contributed by atoms with Crippen LogP contribution in [0.15, 0.2) is 24.5 Å². The minimum atomic E-state index is 0.284. The van der Waals surface area contributed by atoms with Crippen LogP contribution in [0.1, 0.15) is 38.5 Å². The molecule has 1 unspecified atom stereocenters. The van der Waals surface area contributed by atoms with E-state index in [1.54, 1.807) is 6.33 Å². The molecule has 1 saturated carbocycles. The maximum Gasteiger partial charge on any atom is 0.226 e. The molecule has 1 atom stereocenters. The number of aromatic nitrogens is 3. The molecule has 6 nitrogen and oxygen atoms in total. The van der Waals surface area contributed by atoms with E-state index < -0.39 is 0 Å². The summed E-state index contributed by atoms with van der Waals surface area (Å²) >= 11 is 0. The number of hydrogen-bond acceptors (Lipinski definition) is 4. The van der Waals surface area contributed by atoms with E-state index in [-0.39, 0.29) is 5.41 Å². The number of rotatable bonds is 2. The number of amides is 1. The fourth-order valence-electron chi connectivity index (χ4n) is 4.86. The van der Waals surface area contributed by atoms with Crippen LogP contribution in [-0.2, 0) is 4.79 Å². The summed E-state index contributed by atoms with van der Waals surface area (Å²) < 4.78 is 2.06. The first-order chi connectivity index (χ1) is 12.3. The smallest absolute Gasteiger partial charge is 0.226 e. The fourth-order valence-corrected chi connectivity index (χ4v) is 4.86. The monoisotopic (exact) mass is 339 g/mol. The first-order valence-corrected chi connectivity index (χ1v) is 9.59. The van der Waals surface area contributed by atoms with Gasteiger partial charge in [-0.25, -0.2) is 0 Å². The topological polar surface area (TPSA) is 53.7 Å². The lowest BCUT2D eigenvalue weighted by Gasteiger charge is -2.35. The molecule has 1 spiro atoms. The number of hydrogen-bond donors (Lipinski definition) is 0. The number of anilines is 1.